The van der Waals surface area contributed by atoms with Gasteiger partial charge in [0.25, 0.3) is 5.91 Å². The van der Waals surface area contributed by atoms with Crippen molar-refractivity contribution in [3.05, 3.63) is 102 Å². The first-order chi connectivity index (χ1) is 18.1. The number of piperidine rings is 1. The van der Waals surface area contributed by atoms with Gasteiger partial charge in [0.1, 0.15) is 0 Å². The number of aromatic nitrogens is 1. The summed E-state index contributed by atoms with van der Waals surface area (Å²) in [6.45, 7) is 2.75. The van der Waals surface area contributed by atoms with Gasteiger partial charge in [-0.3, -0.25) is 14.7 Å². The van der Waals surface area contributed by atoms with Crippen LogP contribution < -0.4 is 10.6 Å². The highest BCUT2D eigenvalue weighted by Gasteiger charge is 2.21. The lowest BCUT2D eigenvalue weighted by Crippen LogP contribution is -2.41. The van der Waals surface area contributed by atoms with Crippen molar-refractivity contribution in [1.82, 2.24) is 9.88 Å². The minimum Gasteiger partial charge on any atom is -0.465 e. The van der Waals surface area contributed by atoms with Gasteiger partial charge < -0.3 is 15.4 Å². The molecule has 0 bridgehead atoms. The van der Waals surface area contributed by atoms with E-state index in [-0.39, 0.29) is 5.91 Å². The highest BCUT2D eigenvalue weighted by Crippen LogP contribution is 2.25. The predicted octanol–water partition coefficient (Wildman–Crippen LogP) is 5.35. The predicted molar refractivity (Wildman–Crippen MR) is 146 cm³/mol. The first-order valence-corrected chi connectivity index (χ1v) is 12.5. The Labute approximate surface area is 216 Å². The van der Waals surface area contributed by atoms with Crippen molar-refractivity contribution in [1.29, 1.82) is 0 Å². The van der Waals surface area contributed by atoms with Crippen LogP contribution in [0.5, 0.6) is 0 Å². The number of hydrogen-bond donors (Lipinski definition) is 2. The van der Waals surface area contributed by atoms with Crippen LogP contribution in [0.15, 0.2) is 85.2 Å². The van der Waals surface area contributed by atoms with E-state index in [9.17, 15) is 9.59 Å². The molecule has 1 aromatic heterocycles. The molecular formula is C30H30N4O3. The Morgan fingerprint density at radius 1 is 1.03 bits per heavy atom. The molecule has 2 heterocycles. The Kier molecular flexibility index (Phi) is 7.42. The molecule has 7 heteroatoms. The molecule has 37 heavy (non-hydrogen) atoms. The smallest absolute Gasteiger partial charge is 0.337 e. The van der Waals surface area contributed by atoms with Crippen LogP contribution in [0.4, 0.5) is 11.4 Å². The number of methoxy groups -OCH3 is 1. The highest BCUT2D eigenvalue weighted by molar-refractivity contribution is 6.04. The molecule has 1 fully saturated rings. The zero-order valence-electron chi connectivity index (χ0n) is 20.8. The summed E-state index contributed by atoms with van der Waals surface area (Å²) in [6, 6.07) is 23.1. The molecule has 2 N–H and O–H groups in total. The van der Waals surface area contributed by atoms with Gasteiger partial charge in [0.2, 0.25) is 0 Å². The number of rotatable bonds is 7. The molecule has 5 rings (SSSR count). The second-order valence-electron chi connectivity index (χ2n) is 9.34. The Bertz CT molecular complexity index is 1400. The number of carbonyl (C=O) groups is 2. The van der Waals surface area contributed by atoms with Crippen LogP contribution in [0.2, 0.25) is 0 Å². The van der Waals surface area contributed by atoms with Gasteiger partial charge in [-0.05, 0) is 73.5 Å². The van der Waals surface area contributed by atoms with Crippen LogP contribution in [0.25, 0.3) is 10.8 Å². The number of hydrogen-bond acceptors (Lipinski definition) is 6. The van der Waals surface area contributed by atoms with E-state index in [1.54, 1.807) is 24.3 Å². The Balaban J connectivity index is 1.21. The summed E-state index contributed by atoms with van der Waals surface area (Å²) in [6.07, 6.45) is 5.97. The number of pyridine rings is 1. The number of carbonyl (C=O) groups excluding carboxylic acids is 2. The molecule has 4 aromatic rings. The molecule has 7 nitrogen and oxygen atoms in total. The maximum Gasteiger partial charge on any atom is 0.337 e. The number of ether oxygens (including phenoxy) is 1. The van der Waals surface area contributed by atoms with E-state index in [0.29, 0.717) is 22.9 Å². The quantitative estimate of drug-likeness (QED) is 0.337. The fourth-order valence-electron chi connectivity index (χ4n) is 4.87. The number of fused-ring (bicyclic) bond motifs is 1. The van der Waals surface area contributed by atoms with Gasteiger partial charge in [-0.1, -0.05) is 24.3 Å². The fourth-order valence-corrected chi connectivity index (χ4v) is 4.87. The van der Waals surface area contributed by atoms with Crippen molar-refractivity contribution in [2.75, 3.05) is 30.8 Å². The first kappa shape index (κ1) is 24.5. The van der Waals surface area contributed by atoms with Crippen molar-refractivity contribution in [2.45, 2.75) is 25.4 Å². The van der Waals surface area contributed by atoms with Gasteiger partial charge in [0, 0.05) is 59.2 Å². The topological polar surface area (TPSA) is 83.6 Å². The Hall–Kier alpha value is -4.23. The van der Waals surface area contributed by atoms with Crippen molar-refractivity contribution < 1.29 is 14.3 Å². The average Bonchev–Trinajstić information content (AvgIpc) is 2.93. The van der Waals surface area contributed by atoms with Crippen molar-refractivity contribution in [3.8, 4) is 0 Å². The standard InChI is InChI=1S/C30H30N4O3/c1-37-30(36)22-10-12-25(13-11-22)33-29(35)23-6-2-5-21(17-23)19-34-16-4-8-26(20-34)32-28-9-3-7-24-18-31-15-14-27(24)28/h2-3,5-7,9-15,17-18,26,32H,4,8,16,19-20H2,1H3,(H,33,35). The number of anilines is 2. The molecule has 3 aromatic carbocycles. The van der Waals surface area contributed by atoms with Gasteiger partial charge in [-0.2, -0.15) is 0 Å². The van der Waals surface area contributed by atoms with E-state index in [2.05, 4.69) is 50.8 Å². The van der Waals surface area contributed by atoms with E-state index in [1.807, 2.05) is 30.6 Å². The fraction of sp³-hybridized carbons (Fsp3) is 0.233. The van der Waals surface area contributed by atoms with Crippen LogP contribution in [0.1, 0.15) is 39.1 Å². The lowest BCUT2D eigenvalue weighted by Gasteiger charge is -2.34. The molecule has 0 radical (unpaired) electrons. The third-order valence-corrected chi connectivity index (χ3v) is 6.71. The number of likely N-dealkylation sites (tertiary alicyclic amines) is 1. The molecule has 0 saturated carbocycles. The van der Waals surface area contributed by atoms with E-state index < -0.39 is 5.97 Å². The van der Waals surface area contributed by atoms with Crippen molar-refractivity contribution in [3.63, 3.8) is 0 Å². The molecule has 1 atom stereocenters. The van der Waals surface area contributed by atoms with Crippen LogP contribution in [0, 0.1) is 0 Å². The number of amides is 1. The van der Waals surface area contributed by atoms with Crippen molar-refractivity contribution >= 4 is 34.0 Å². The van der Waals surface area contributed by atoms with Gasteiger partial charge in [-0.15, -0.1) is 0 Å². The zero-order chi connectivity index (χ0) is 25.6. The minimum absolute atomic E-state index is 0.184. The lowest BCUT2D eigenvalue weighted by atomic mass is 10.0. The maximum atomic E-state index is 12.9. The molecule has 1 saturated heterocycles. The lowest BCUT2D eigenvalue weighted by molar-refractivity contribution is 0.0600. The third-order valence-electron chi connectivity index (χ3n) is 6.71. The molecule has 1 unspecified atom stereocenters. The molecular weight excluding hydrogens is 464 g/mol. The Morgan fingerprint density at radius 2 is 1.86 bits per heavy atom. The summed E-state index contributed by atoms with van der Waals surface area (Å²) in [5.74, 6) is -0.591. The van der Waals surface area contributed by atoms with E-state index in [0.717, 1.165) is 49.1 Å². The Morgan fingerprint density at radius 3 is 2.70 bits per heavy atom. The minimum atomic E-state index is -0.407. The average molecular weight is 495 g/mol. The van der Waals surface area contributed by atoms with Crippen LogP contribution in [-0.2, 0) is 11.3 Å². The van der Waals surface area contributed by atoms with Crippen LogP contribution >= 0.6 is 0 Å². The summed E-state index contributed by atoms with van der Waals surface area (Å²) < 4.78 is 4.72. The molecule has 0 spiro atoms. The summed E-state index contributed by atoms with van der Waals surface area (Å²) in [5.41, 5.74) is 3.91. The van der Waals surface area contributed by atoms with E-state index in [4.69, 9.17) is 4.74 Å². The van der Waals surface area contributed by atoms with Gasteiger partial charge in [-0.25, -0.2) is 4.79 Å². The molecule has 1 aliphatic rings. The normalized spacial score (nSPS) is 15.8. The largest absolute Gasteiger partial charge is 0.465 e. The summed E-state index contributed by atoms with van der Waals surface area (Å²) in [5, 5.41) is 8.97. The van der Waals surface area contributed by atoms with Gasteiger partial charge >= 0.3 is 5.97 Å². The summed E-state index contributed by atoms with van der Waals surface area (Å²) >= 11 is 0. The number of nitrogens with zero attached hydrogens (tertiary/aromatic N) is 2. The second kappa shape index (κ2) is 11.2. The summed E-state index contributed by atoms with van der Waals surface area (Å²) in [4.78, 5) is 31.2. The maximum absolute atomic E-state index is 12.9. The van der Waals surface area contributed by atoms with Gasteiger partial charge in [0.05, 0.1) is 12.7 Å². The van der Waals surface area contributed by atoms with Crippen molar-refractivity contribution in [2.24, 2.45) is 0 Å². The third kappa shape index (κ3) is 5.95. The van der Waals surface area contributed by atoms with E-state index in [1.165, 1.54) is 12.5 Å². The molecule has 1 amide bonds. The monoisotopic (exact) mass is 494 g/mol. The second-order valence-corrected chi connectivity index (χ2v) is 9.34. The molecule has 0 aliphatic carbocycles. The van der Waals surface area contributed by atoms with Gasteiger partial charge in [0.15, 0.2) is 0 Å². The SMILES string of the molecule is COC(=O)c1ccc(NC(=O)c2cccc(CN3CCCC(Nc4cccc5cnccc45)C3)c2)cc1. The first-order valence-electron chi connectivity index (χ1n) is 12.5. The highest BCUT2D eigenvalue weighted by atomic mass is 16.5. The summed E-state index contributed by atoms with van der Waals surface area (Å²) in [7, 11) is 1.34. The number of esters is 1. The van der Waals surface area contributed by atoms with Crippen LogP contribution in [-0.4, -0.2) is 48.0 Å². The number of nitrogens with one attached hydrogen (secondary N) is 2. The zero-order valence-corrected chi connectivity index (χ0v) is 20.8. The number of benzene rings is 3. The molecule has 1 aliphatic heterocycles. The van der Waals surface area contributed by atoms with E-state index >= 15 is 0 Å². The molecule has 188 valence electrons. The van der Waals surface area contributed by atoms with Crippen LogP contribution in [0.3, 0.4) is 0 Å².